The average Bonchev–Trinajstić information content (AvgIpc) is 2.31. The Kier molecular flexibility index (Phi) is 5.06. The van der Waals surface area contributed by atoms with Crippen molar-refractivity contribution >= 4 is 11.6 Å². The molecule has 3 nitrogen and oxygen atoms in total. The fourth-order valence-corrected chi connectivity index (χ4v) is 1.89. The second-order valence-corrected chi connectivity index (χ2v) is 4.33. The van der Waals surface area contributed by atoms with E-state index in [2.05, 4.69) is 19.3 Å². The Hall–Kier alpha value is -0.770. The van der Waals surface area contributed by atoms with Gasteiger partial charge in [-0.15, -0.1) is 0 Å². The number of hydrogen-bond donors (Lipinski definition) is 2. The lowest BCUT2D eigenvalue weighted by Gasteiger charge is -2.23. The summed E-state index contributed by atoms with van der Waals surface area (Å²) in [4.78, 5) is 0. The first-order chi connectivity index (χ1) is 7.63. The Morgan fingerprint density at radius 2 is 2.19 bits per heavy atom. The van der Waals surface area contributed by atoms with E-state index in [-0.39, 0.29) is 6.04 Å². The van der Waals surface area contributed by atoms with Crippen molar-refractivity contribution in [2.24, 2.45) is 11.8 Å². The molecule has 16 heavy (non-hydrogen) atoms. The molecule has 0 spiro atoms. The van der Waals surface area contributed by atoms with Crippen LogP contribution in [0, 0.1) is 5.92 Å². The summed E-state index contributed by atoms with van der Waals surface area (Å²) in [6, 6.07) is 5.86. The molecule has 0 saturated carbocycles. The summed E-state index contributed by atoms with van der Waals surface area (Å²) in [5.74, 6) is 6.72. The highest BCUT2D eigenvalue weighted by molar-refractivity contribution is 6.32. The molecule has 0 aliphatic heterocycles. The zero-order valence-electron chi connectivity index (χ0n) is 9.96. The van der Waals surface area contributed by atoms with Crippen LogP contribution < -0.4 is 16.0 Å². The number of rotatable bonds is 5. The minimum atomic E-state index is 0.121. The molecule has 0 fully saturated rings. The smallest absolute Gasteiger partial charge is 0.137 e. The van der Waals surface area contributed by atoms with Crippen molar-refractivity contribution in [3.8, 4) is 5.75 Å². The van der Waals surface area contributed by atoms with Gasteiger partial charge in [-0.05, 0) is 23.6 Å². The van der Waals surface area contributed by atoms with Gasteiger partial charge in [0.2, 0.25) is 0 Å². The number of nitrogens with two attached hydrogens (primary N) is 1. The zero-order chi connectivity index (χ0) is 12.1. The molecule has 1 rings (SSSR count). The lowest BCUT2D eigenvalue weighted by molar-refractivity contribution is 0.378. The zero-order valence-corrected chi connectivity index (χ0v) is 10.7. The summed E-state index contributed by atoms with van der Waals surface area (Å²) in [6.45, 7) is 4.30. The minimum absolute atomic E-state index is 0.121. The predicted molar refractivity (Wildman–Crippen MR) is 67.5 cm³/mol. The predicted octanol–water partition coefficient (Wildman–Crippen LogP) is 2.90. The van der Waals surface area contributed by atoms with Gasteiger partial charge < -0.3 is 4.74 Å². The van der Waals surface area contributed by atoms with E-state index in [1.54, 1.807) is 7.11 Å². The van der Waals surface area contributed by atoms with Gasteiger partial charge in [-0.25, -0.2) is 0 Å². The van der Waals surface area contributed by atoms with E-state index in [0.29, 0.717) is 16.7 Å². The summed E-state index contributed by atoms with van der Waals surface area (Å²) in [7, 11) is 1.61. The second kappa shape index (κ2) is 6.09. The molecule has 4 heteroatoms. The van der Waals surface area contributed by atoms with Crippen molar-refractivity contribution in [2.75, 3.05) is 7.11 Å². The second-order valence-electron chi connectivity index (χ2n) is 3.92. The van der Waals surface area contributed by atoms with Gasteiger partial charge in [0.05, 0.1) is 12.1 Å². The van der Waals surface area contributed by atoms with Crippen LogP contribution in [0.5, 0.6) is 5.75 Å². The monoisotopic (exact) mass is 242 g/mol. The van der Waals surface area contributed by atoms with Crippen LogP contribution in [0.2, 0.25) is 5.02 Å². The van der Waals surface area contributed by atoms with E-state index >= 15 is 0 Å². The molecule has 2 atom stereocenters. The highest BCUT2D eigenvalue weighted by Gasteiger charge is 2.17. The Labute approximate surface area is 102 Å². The van der Waals surface area contributed by atoms with E-state index in [4.69, 9.17) is 22.2 Å². The summed E-state index contributed by atoms with van der Waals surface area (Å²) in [5.41, 5.74) is 3.94. The number of hydrazine groups is 1. The standard InChI is InChI=1S/C12H19ClN2O/c1-4-8(2)12(15-14)9-5-6-10(13)11(7-9)16-3/h5-8,12,15H,4,14H2,1-3H3. The number of halogens is 1. The Morgan fingerprint density at radius 3 is 2.69 bits per heavy atom. The molecule has 3 N–H and O–H groups in total. The topological polar surface area (TPSA) is 47.3 Å². The van der Waals surface area contributed by atoms with Crippen molar-refractivity contribution in [3.05, 3.63) is 28.8 Å². The third-order valence-corrected chi connectivity index (χ3v) is 3.24. The van der Waals surface area contributed by atoms with E-state index in [9.17, 15) is 0 Å². The van der Waals surface area contributed by atoms with Crippen molar-refractivity contribution in [2.45, 2.75) is 26.3 Å². The summed E-state index contributed by atoms with van der Waals surface area (Å²) in [5, 5.41) is 0.617. The minimum Gasteiger partial charge on any atom is -0.495 e. The normalized spacial score (nSPS) is 14.6. The van der Waals surface area contributed by atoms with Gasteiger partial charge in [-0.2, -0.15) is 0 Å². The van der Waals surface area contributed by atoms with Crippen LogP contribution in [-0.4, -0.2) is 7.11 Å². The third-order valence-electron chi connectivity index (χ3n) is 2.93. The van der Waals surface area contributed by atoms with Gasteiger partial charge in [-0.3, -0.25) is 11.3 Å². The first-order valence-electron chi connectivity index (χ1n) is 5.43. The van der Waals surface area contributed by atoms with Gasteiger partial charge in [0, 0.05) is 6.04 Å². The molecule has 0 bridgehead atoms. The van der Waals surface area contributed by atoms with E-state index in [1.165, 1.54) is 0 Å². The molecule has 0 heterocycles. The highest BCUT2D eigenvalue weighted by Crippen LogP contribution is 2.30. The third kappa shape index (κ3) is 2.88. The number of benzene rings is 1. The van der Waals surface area contributed by atoms with Crippen molar-refractivity contribution in [1.82, 2.24) is 5.43 Å². The summed E-state index contributed by atoms with van der Waals surface area (Å²) in [6.07, 6.45) is 1.06. The van der Waals surface area contributed by atoms with Crippen molar-refractivity contribution < 1.29 is 4.74 Å². The Balaban J connectivity index is 3.01. The maximum atomic E-state index is 5.98. The fraction of sp³-hybridized carbons (Fsp3) is 0.500. The summed E-state index contributed by atoms with van der Waals surface area (Å²) >= 11 is 5.98. The molecule has 0 saturated heterocycles. The van der Waals surface area contributed by atoms with Crippen LogP contribution in [0.15, 0.2) is 18.2 Å². The SMILES string of the molecule is CCC(C)C(NN)c1ccc(Cl)c(OC)c1. The molecule has 0 aromatic heterocycles. The molecule has 0 aliphatic carbocycles. The first kappa shape index (κ1) is 13.3. The van der Waals surface area contributed by atoms with Gasteiger partial charge in [0.25, 0.3) is 0 Å². The molecule has 0 radical (unpaired) electrons. The number of nitrogens with one attached hydrogen (secondary N) is 1. The summed E-state index contributed by atoms with van der Waals surface area (Å²) < 4.78 is 5.19. The van der Waals surface area contributed by atoms with Crippen LogP contribution in [0.1, 0.15) is 31.9 Å². The lowest BCUT2D eigenvalue weighted by atomic mass is 9.93. The van der Waals surface area contributed by atoms with Gasteiger partial charge in [-0.1, -0.05) is 37.9 Å². The first-order valence-corrected chi connectivity index (χ1v) is 5.81. The number of ether oxygens (including phenoxy) is 1. The van der Waals surface area contributed by atoms with E-state index in [1.807, 2.05) is 18.2 Å². The van der Waals surface area contributed by atoms with Gasteiger partial charge in [0.15, 0.2) is 0 Å². The average molecular weight is 243 g/mol. The van der Waals surface area contributed by atoms with Crippen LogP contribution in [-0.2, 0) is 0 Å². The molecular weight excluding hydrogens is 224 g/mol. The quantitative estimate of drug-likeness (QED) is 0.617. The maximum Gasteiger partial charge on any atom is 0.137 e. The van der Waals surface area contributed by atoms with Gasteiger partial charge >= 0.3 is 0 Å². The lowest BCUT2D eigenvalue weighted by Crippen LogP contribution is -2.32. The van der Waals surface area contributed by atoms with Gasteiger partial charge in [0.1, 0.15) is 5.75 Å². The van der Waals surface area contributed by atoms with E-state index < -0.39 is 0 Å². The molecule has 0 amide bonds. The molecule has 1 aromatic carbocycles. The van der Waals surface area contributed by atoms with Crippen LogP contribution in [0.3, 0.4) is 0 Å². The van der Waals surface area contributed by atoms with Crippen LogP contribution in [0.4, 0.5) is 0 Å². The molecule has 1 aromatic rings. The van der Waals surface area contributed by atoms with Crippen molar-refractivity contribution in [1.29, 1.82) is 0 Å². The van der Waals surface area contributed by atoms with Crippen LogP contribution in [0.25, 0.3) is 0 Å². The Bertz CT molecular complexity index is 344. The van der Waals surface area contributed by atoms with Crippen molar-refractivity contribution in [3.63, 3.8) is 0 Å². The highest BCUT2D eigenvalue weighted by atomic mass is 35.5. The Morgan fingerprint density at radius 1 is 1.50 bits per heavy atom. The molecular formula is C12H19ClN2O. The molecule has 2 unspecified atom stereocenters. The maximum absolute atomic E-state index is 5.98. The molecule has 0 aliphatic rings. The number of hydrogen-bond acceptors (Lipinski definition) is 3. The van der Waals surface area contributed by atoms with E-state index in [0.717, 1.165) is 12.0 Å². The van der Waals surface area contributed by atoms with Crippen LogP contribution >= 0.6 is 11.6 Å². The largest absolute Gasteiger partial charge is 0.495 e. The fourth-order valence-electron chi connectivity index (χ4n) is 1.69. The number of methoxy groups -OCH3 is 1. The molecule has 90 valence electrons.